The standard InChI is InChI=1S/C20H30N2O2/c1-15-6-7-16(2)17(12-15)13-18(23)21-8-10-22(11-9-21)19(24)14-20(3,4)5/h6-7,12H,8-11,13-14H2,1-5H3. The SMILES string of the molecule is Cc1ccc(C)c(CC(=O)N2CCN(C(=O)CC(C)(C)C)CC2)c1. The van der Waals surface area contributed by atoms with Gasteiger partial charge in [0.05, 0.1) is 6.42 Å². The van der Waals surface area contributed by atoms with E-state index in [9.17, 15) is 9.59 Å². The quantitative estimate of drug-likeness (QED) is 0.855. The summed E-state index contributed by atoms with van der Waals surface area (Å²) in [5, 5.41) is 0. The second kappa shape index (κ2) is 7.37. The minimum atomic E-state index is 0.00668. The molecule has 1 heterocycles. The number of rotatable bonds is 3. The first kappa shape index (κ1) is 18.5. The average molecular weight is 330 g/mol. The zero-order chi connectivity index (χ0) is 17.9. The summed E-state index contributed by atoms with van der Waals surface area (Å²) < 4.78 is 0. The van der Waals surface area contributed by atoms with Gasteiger partial charge in [0.15, 0.2) is 0 Å². The van der Waals surface area contributed by atoms with Gasteiger partial charge in [0.2, 0.25) is 11.8 Å². The third-order valence-corrected chi connectivity index (χ3v) is 4.51. The highest BCUT2D eigenvalue weighted by Gasteiger charge is 2.26. The van der Waals surface area contributed by atoms with Gasteiger partial charge in [0.1, 0.15) is 0 Å². The number of hydrogen-bond acceptors (Lipinski definition) is 2. The van der Waals surface area contributed by atoms with Crippen LogP contribution in [0.2, 0.25) is 0 Å². The van der Waals surface area contributed by atoms with Crippen LogP contribution in [-0.2, 0) is 16.0 Å². The number of piperazine rings is 1. The fraction of sp³-hybridized carbons (Fsp3) is 0.600. The fourth-order valence-electron chi connectivity index (χ4n) is 3.04. The van der Waals surface area contributed by atoms with Crippen LogP contribution in [0.5, 0.6) is 0 Å². The molecule has 0 saturated carbocycles. The molecule has 1 saturated heterocycles. The Balaban J connectivity index is 1.89. The lowest BCUT2D eigenvalue weighted by Gasteiger charge is -2.36. The van der Waals surface area contributed by atoms with Gasteiger partial charge in [-0.1, -0.05) is 44.5 Å². The molecule has 1 aromatic rings. The van der Waals surface area contributed by atoms with Gasteiger partial charge in [0, 0.05) is 32.6 Å². The first-order chi connectivity index (χ1) is 11.2. The van der Waals surface area contributed by atoms with Crippen molar-refractivity contribution in [1.29, 1.82) is 0 Å². The number of hydrogen-bond donors (Lipinski definition) is 0. The normalized spacial score (nSPS) is 15.5. The smallest absolute Gasteiger partial charge is 0.227 e. The number of aryl methyl sites for hydroxylation is 2. The number of carbonyl (C=O) groups excluding carboxylic acids is 2. The molecule has 0 spiro atoms. The largest absolute Gasteiger partial charge is 0.339 e. The molecule has 24 heavy (non-hydrogen) atoms. The van der Waals surface area contributed by atoms with E-state index < -0.39 is 0 Å². The third kappa shape index (κ3) is 5.08. The number of carbonyl (C=O) groups is 2. The molecule has 0 atom stereocenters. The Labute approximate surface area is 145 Å². The second-order valence-electron chi connectivity index (χ2n) is 8.11. The minimum absolute atomic E-state index is 0.00668. The molecule has 2 rings (SSSR count). The van der Waals surface area contributed by atoms with Crippen molar-refractivity contribution in [2.75, 3.05) is 26.2 Å². The minimum Gasteiger partial charge on any atom is -0.339 e. The molecular weight excluding hydrogens is 300 g/mol. The molecule has 0 N–H and O–H groups in total. The predicted octanol–water partition coefficient (Wildman–Crippen LogP) is 2.95. The molecule has 0 unspecified atom stereocenters. The molecule has 1 fully saturated rings. The van der Waals surface area contributed by atoms with Crippen LogP contribution in [0.4, 0.5) is 0 Å². The van der Waals surface area contributed by atoms with Crippen LogP contribution in [0, 0.1) is 19.3 Å². The Morgan fingerprint density at radius 1 is 0.958 bits per heavy atom. The predicted molar refractivity (Wildman–Crippen MR) is 96.9 cm³/mol. The average Bonchev–Trinajstić information content (AvgIpc) is 2.49. The van der Waals surface area contributed by atoms with Gasteiger partial charge >= 0.3 is 0 Å². The van der Waals surface area contributed by atoms with Crippen molar-refractivity contribution in [3.63, 3.8) is 0 Å². The van der Waals surface area contributed by atoms with Gasteiger partial charge in [-0.05, 0) is 30.4 Å². The lowest BCUT2D eigenvalue weighted by molar-refractivity contribution is -0.140. The first-order valence-electron chi connectivity index (χ1n) is 8.77. The van der Waals surface area contributed by atoms with Gasteiger partial charge in [-0.25, -0.2) is 0 Å². The lowest BCUT2D eigenvalue weighted by atomic mass is 9.91. The second-order valence-corrected chi connectivity index (χ2v) is 8.11. The van der Waals surface area contributed by atoms with Crippen LogP contribution in [0.25, 0.3) is 0 Å². The van der Waals surface area contributed by atoms with E-state index in [0.717, 1.165) is 11.1 Å². The van der Waals surface area contributed by atoms with Crippen molar-refractivity contribution in [2.24, 2.45) is 5.41 Å². The topological polar surface area (TPSA) is 40.6 Å². The van der Waals surface area contributed by atoms with E-state index in [1.165, 1.54) is 5.56 Å². The Morgan fingerprint density at radius 3 is 2.04 bits per heavy atom. The highest BCUT2D eigenvalue weighted by Crippen LogP contribution is 2.20. The molecule has 4 heteroatoms. The van der Waals surface area contributed by atoms with Gasteiger partial charge in [-0.15, -0.1) is 0 Å². The molecule has 0 radical (unpaired) electrons. The molecule has 0 bridgehead atoms. The Bertz CT molecular complexity index is 609. The molecule has 4 nitrogen and oxygen atoms in total. The third-order valence-electron chi connectivity index (χ3n) is 4.51. The van der Waals surface area contributed by atoms with Gasteiger partial charge in [0.25, 0.3) is 0 Å². The highest BCUT2D eigenvalue weighted by molar-refractivity contribution is 5.80. The maximum absolute atomic E-state index is 12.6. The molecule has 1 aliphatic heterocycles. The van der Waals surface area contributed by atoms with Crippen molar-refractivity contribution in [3.05, 3.63) is 34.9 Å². The summed E-state index contributed by atoms with van der Waals surface area (Å²) in [5.41, 5.74) is 3.45. The monoisotopic (exact) mass is 330 g/mol. The van der Waals surface area contributed by atoms with E-state index in [2.05, 4.69) is 39.0 Å². The van der Waals surface area contributed by atoms with E-state index in [1.54, 1.807) is 0 Å². The van der Waals surface area contributed by atoms with Crippen LogP contribution < -0.4 is 0 Å². The summed E-state index contributed by atoms with van der Waals surface area (Å²) in [5.74, 6) is 0.357. The van der Waals surface area contributed by atoms with Crippen molar-refractivity contribution in [3.8, 4) is 0 Å². The number of nitrogens with zero attached hydrogens (tertiary/aromatic N) is 2. The Morgan fingerprint density at radius 2 is 1.50 bits per heavy atom. The van der Waals surface area contributed by atoms with Crippen molar-refractivity contribution in [2.45, 2.75) is 47.5 Å². The maximum Gasteiger partial charge on any atom is 0.227 e. The summed E-state index contributed by atoms with van der Waals surface area (Å²) in [6, 6.07) is 6.24. The molecule has 132 valence electrons. The Kier molecular flexibility index (Phi) is 5.68. The van der Waals surface area contributed by atoms with E-state index in [0.29, 0.717) is 39.0 Å². The molecule has 0 aliphatic carbocycles. The molecule has 0 aromatic heterocycles. The van der Waals surface area contributed by atoms with E-state index >= 15 is 0 Å². The van der Waals surface area contributed by atoms with Gasteiger partial charge in [-0.3, -0.25) is 9.59 Å². The summed E-state index contributed by atoms with van der Waals surface area (Å²) in [7, 11) is 0. The lowest BCUT2D eigenvalue weighted by Crippen LogP contribution is -2.51. The van der Waals surface area contributed by atoms with Crippen LogP contribution in [0.15, 0.2) is 18.2 Å². The fourth-order valence-corrected chi connectivity index (χ4v) is 3.04. The first-order valence-corrected chi connectivity index (χ1v) is 8.77. The van der Waals surface area contributed by atoms with Gasteiger partial charge < -0.3 is 9.80 Å². The zero-order valence-electron chi connectivity index (χ0n) is 15.7. The van der Waals surface area contributed by atoms with E-state index in [1.807, 2.05) is 23.6 Å². The van der Waals surface area contributed by atoms with Crippen LogP contribution >= 0.6 is 0 Å². The Hall–Kier alpha value is -1.84. The molecule has 1 aromatic carbocycles. The highest BCUT2D eigenvalue weighted by atomic mass is 16.2. The van der Waals surface area contributed by atoms with Crippen molar-refractivity contribution < 1.29 is 9.59 Å². The van der Waals surface area contributed by atoms with Crippen LogP contribution in [0.3, 0.4) is 0 Å². The molecule has 1 aliphatic rings. The summed E-state index contributed by atoms with van der Waals surface area (Å²) in [6.45, 7) is 12.9. The summed E-state index contributed by atoms with van der Waals surface area (Å²) >= 11 is 0. The van der Waals surface area contributed by atoms with Crippen molar-refractivity contribution in [1.82, 2.24) is 9.80 Å². The van der Waals surface area contributed by atoms with Crippen molar-refractivity contribution >= 4 is 11.8 Å². The van der Waals surface area contributed by atoms with E-state index in [4.69, 9.17) is 0 Å². The van der Waals surface area contributed by atoms with Gasteiger partial charge in [-0.2, -0.15) is 0 Å². The summed E-state index contributed by atoms with van der Waals surface area (Å²) in [4.78, 5) is 28.6. The zero-order valence-corrected chi connectivity index (χ0v) is 15.7. The van der Waals surface area contributed by atoms with E-state index in [-0.39, 0.29) is 17.2 Å². The molecular formula is C20H30N2O2. The van der Waals surface area contributed by atoms with Crippen LogP contribution in [-0.4, -0.2) is 47.8 Å². The van der Waals surface area contributed by atoms with Crippen LogP contribution in [0.1, 0.15) is 43.9 Å². The summed E-state index contributed by atoms with van der Waals surface area (Å²) in [6.07, 6.45) is 1.01. The maximum atomic E-state index is 12.6. The number of amides is 2. The molecule has 2 amide bonds. The number of benzene rings is 1.